The highest BCUT2D eigenvalue weighted by atomic mass is 32.1. The molecular formula is C14H17FN2S. The molecule has 0 aliphatic heterocycles. The first-order valence-corrected chi connectivity index (χ1v) is 6.85. The standard InChI is InChI=1S/C14H17FN2S/c1-10(2)8-16-9-11-7-14(17-18-11)12-5-3-4-6-13(12)15/h3-7,10,16H,8-9H2,1-2H3. The Balaban J connectivity index is 2.04. The number of hydrogen-bond donors (Lipinski definition) is 1. The van der Waals surface area contributed by atoms with Gasteiger partial charge in [-0.15, -0.1) is 0 Å². The fourth-order valence-electron chi connectivity index (χ4n) is 1.68. The summed E-state index contributed by atoms with van der Waals surface area (Å²) in [6.07, 6.45) is 0. The van der Waals surface area contributed by atoms with Crippen molar-refractivity contribution in [2.24, 2.45) is 5.92 Å². The Morgan fingerprint density at radius 3 is 2.83 bits per heavy atom. The summed E-state index contributed by atoms with van der Waals surface area (Å²) in [5, 5.41) is 3.36. The topological polar surface area (TPSA) is 24.9 Å². The second-order valence-electron chi connectivity index (χ2n) is 4.68. The number of nitrogens with zero attached hydrogens (tertiary/aromatic N) is 1. The summed E-state index contributed by atoms with van der Waals surface area (Å²) >= 11 is 1.43. The van der Waals surface area contributed by atoms with E-state index in [1.165, 1.54) is 17.6 Å². The summed E-state index contributed by atoms with van der Waals surface area (Å²) in [5.41, 5.74) is 1.29. The van der Waals surface area contributed by atoms with E-state index in [4.69, 9.17) is 0 Å². The number of hydrogen-bond acceptors (Lipinski definition) is 3. The molecule has 2 aromatic rings. The minimum Gasteiger partial charge on any atom is -0.312 e. The molecule has 0 fully saturated rings. The van der Waals surface area contributed by atoms with Crippen molar-refractivity contribution in [1.82, 2.24) is 9.69 Å². The van der Waals surface area contributed by atoms with E-state index in [1.807, 2.05) is 12.1 Å². The Labute approximate surface area is 111 Å². The fourth-order valence-corrected chi connectivity index (χ4v) is 2.37. The van der Waals surface area contributed by atoms with E-state index in [0.29, 0.717) is 11.5 Å². The van der Waals surface area contributed by atoms with Crippen molar-refractivity contribution in [2.45, 2.75) is 20.4 Å². The van der Waals surface area contributed by atoms with Crippen LogP contribution in [0.25, 0.3) is 11.3 Å². The van der Waals surface area contributed by atoms with Gasteiger partial charge in [0.15, 0.2) is 0 Å². The molecule has 1 aromatic carbocycles. The monoisotopic (exact) mass is 264 g/mol. The molecule has 2 nitrogen and oxygen atoms in total. The molecule has 0 radical (unpaired) electrons. The molecule has 0 amide bonds. The summed E-state index contributed by atoms with van der Waals surface area (Å²) in [4.78, 5) is 1.13. The molecule has 18 heavy (non-hydrogen) atoms. The quantitative estimate of drug-likeness (QED) is 0.890. The lowest BCUT2D eigenvalue weighted by atomic mass is 10.1. The number of aromatic nitrogens is 1. The van der Waals surface area contributed by atoms with Crippen LogP contribution < -0.4 is 5.32 Å². The lowest BCUT2D eigenvalue weighted by Crippen LogP contribution is -2.18. The predicted octanol–water partition coefficient (Wildman–Crippen LogP) is 3.69. The van der Waals surface area contributed by atoms with E-state index in [9.17, 15) is 4.39 Å². The molecule has 1 heterocycles. The van der Waals surface area contributed by atoms with Crippen molar-refractivity contribution in [1.29, 1.82) is 0 Å². The molecule has 0 spiro atoms. The van der Waals surface area contributed by atoms with E-state index < -0.39 is 0 Å². The van der Waals surface area contributed by atoms with Crippen molar-refractivity contribution < 1.29 is 4.39 Å². The van der Waals surface area contributed by atoms with Crippen LogP contribution in [0.5, 0.6) is 0 Å². The third kappa shape index (κ3) is 3.37. The van der Waals surface area contributed by atoms with Gasteiger partial charge in [0.2, 0.25) is 0 Å². The molecule has 0 aliphatic rings. The summed E-state index contributed by atoms with van der Waals surface area (Å²) in [7, 11) is 0. The van der Waals surface area contributed by atoms with E-state index in [2.05, 4.69) is 23.5 Å². The highest BCUT2D eigenvalue weighted by Gasteiger charge is 2.08. The van der Waals surface area contributed by atoms with Gasteiger partial charge in [0.05, 0.1) is 5.69 Å². The van der Waals surface area contributed by atoms with Crippen LogP contribution in [0.2, 0.25) is 0 Å². The number of halogens is 1. The van der Waals surface area contributed by atoms with E-state index in [1.54, 1.807) is 12.1 Å². The molecule has 2 rings (SSSR count). The molecule has 0 unspecified atom stereocenters. The molecule has 0 bridgehead atoms. The van der Waals surface area contributed by atoms with Gasteiger partial charge in [-0.3, -0.25) is 0 Å². The zero-order valence-corrected chi connectivity index (χ0v) is 11.4. The van der Waals surface area contributed by atoms with Crippen molar-refractivity contribution in [3.8, 4) is 11.3 Å². The first kappa shape index (κ1) is 13.2. The molecule has 0 saturated carbocycles. The van der Waals surface area contributed by atoms with Gasteiger partial charge >= 0.3 is 0 Å². The third-order valence-electron chi connectivity index (χ3n) is 2.56. The lowest BCUT2D eigenvalue weighted by molar-refractivity contribution is 0.555. The highest BCUT2D eigenvalue weighted by Crippen LogP contribution is 2.24. The van der Waals surface area contributed by atoms with Crippen molar-refractivity contribution in [3.05, 3.63) is 41.0 Å². The minimum absolute atomic E-state index is 0.218. The Kier molecular flexibility index (Phi) is 4.44. The van der Waals surface area contributed by atoms with Crippen LogP contribution in [-0.4, -0.2) is 10.9 Å². The predicted molar refractivity (Wildman–Crippen MR) is 74.1 cm³/mol. The maximum atomic E-state index is 13.6. The van der Waals surface area contributed by atoms with E-state index >= 15 is 0 Å². The Morgan fingerprint density at radius 1 is 1.33 bits per heavy atom. The molecule has 96 valence electrons. The maximum absolute atomic E-state index is 13.6. The minimum atomic E-state index is -0.218. The Bertz CT molecular complexity index is 508. The molecular weight excluding hydrogens is 247 g/mol. The van der Waals surface area contributed by atoms with Crippen molar-refractivity contribution in [3.63, 3.8) is 0 Å². The fraction of sp³-hybridized carbons (Fsp3) is 0.357. The number of nitrogens with one attached hydrogen (secondary N) is 1. The van der Waals surface area contributed by atoms with Crippen LogP contribution in [0.15, 0.2) is 30.3 Å². The number of rotatable bonds is 5. The molecule has 0 atom stereocenters. The van der Waals surface area contributed by atoms with Crippen LogP contribution in [0.1, 0.15) is 18.7 Å². The van der Waals surface area contributed by atoms with E-state index in [-0.39, 0.29) is 5.82 Å². The van der Waals surface area contributed by atoms with Crippen molar-refractivity contribution >= 4 is 11.5 Å². The maximum Gasteiger partial charge on any atom is 0.132 e. The largest absolute Gasteiger partial charge is 0.312 e. The summed E-state index contributed by atoms with van der Waals surface area (Å²) < 4.78 is 17.9. The van der Waals surface area contributed by atoms with Crippen LogP contribution >= 0.6 is 11.5 Å². The van der Waals surface area contributed by atoms with Crippen LogP contribution in [0.4, 0.5) is 4.39 Å². The average molecular weight is 264 g/mol. The molecule has 1 N–H and O–H groups in total. The van der Waals surface area contributed by atoms with Crippen molar-refractivity contribution in [2.75, 3.05) is 6.54 Å². The van der Waals surface area contributed by atoms with Gasteiger partial charge in [0.25, 0.3) is 0 Å². The van der Waals surface area contributed by atoms with Gasteiger partial charge in [-0.1, -0.05) is 26.0 Å². The zero-order chi connectivity index (χ0) is 13.0. The Morgan fingerprint density at radius 2 is 2.11 bits per heavy atom. The summed E-state index contributed by atoms with van der Waals surface area (Å²) in [6, 6.07) is 8.70. The van der Waals surface area contributed by atoms with Crippen LogP contribution in [0.3, 0.4) is 0 Å². The first-order valence-electron chi connectivity index (χ1n) is 6.08. The first-order chi connectivity index (χ1) is 8.66. The second-order valence-corrected chi connectivity index (χ2v) is 5.57. The smallest absolute Gasteiger partial charge is 0.132 e. The molecule has 1 aromatic heterocycles. The normalized spacial score (nSPS) is 11.1. The van der Waals surface area contributed by atoms with Crippen LogP contribution in [0, 0.1) is 11.7 Å². The third-order valence-corrected chi connectivity index (χ3v) is 3.35. The lowest BCUT2D eigenvalue weighted by Gasteiger charge is -2.04. The van der Waals surface area contributed by atoms with E-state index in [0.717, 1.165) is 23.7 Å². The van der Waals surface area contributed by atoms with Gasteiger partial charge in [-0.25, -0.2) is 4.39 Å². The molecule has 0 saturated heterocycles. The van der Waals surface area contributed by atoms with Crippen LogP contribution in [-0.2, 0) is 6.54 Å². The Hall–Kier alpha value is -1.26. The SMILES string of the molecule is CC(C)CNCc1cc(-c2ccccc2F)ns1. The molecule has 4 heteroatoms. The van der Waals surface area contributed by atoms with Gasteiger partial charge in [0.1, 0.15) is 5.82 Å². The van der Waals surface area contributed by atoms with Gasteiger partial charge < -0.3 is 5.32 Å². The highest BCUT2D eigenvalue weighted by molar-refractivity contribution is 7.06. The van der Waals surface area contributed by atoms with Gasteiger partial charge in [-0.05, 0) is 42.2 Å². The summed E-state index contributed by atoms with van der Waals surface area (Å²) in [5.74, 6) is 0.411. The van der Waals surface area contributed by atoms with Gasteiger partial charge in [-0.2, -0.15) is 4.37 Å². The second kappa shape index (κ2) is 6.07. The average Bonchev–Trinajstić information content (AvgIpc) is 2.78. The zero-order valence-electron chi connectivity index (χ0n) is 10.6. The number of benzene rings is 1. The molecule has 0 aliphatic carbocycles. The van der Waals surface area contributed by atoms with Gasteiger partial charge in [0, 0.05) is 17.0 Å². The summed E-state index contributed by atoms with van der Waals surface area (Å²) in [6.45, 7) is 6.12.